The number of allylic oxidation sites excluding steroid dienone is 3. The van der Waals surface area contributed by atoms with Crippen molar-refractivity contribution < 1.29 is 9.53 Å². The zero-order valence-corrected chi connectivity index (χ0v) is 21.0. The van der Waals surface area contributed by atoms with Crippen molar-refractivity contribution in [1.29, 1.82) is 0 Å². The largest absolute Gasteiger partial charge is 0.493 e. The van der Waals surface area contributed by atoms with Gasteiger partial charge in [0.15, 0.2) is 5.65 Å². The number of carbonyl (C=O) groups excluding carboxylic acids is 1. The summed E-state index contributed by atoms with van der Waals surface area (Å²) in [7, 11) is 0. The van der Waals surface area contributed by atoms with Crippen molar-refractivity contribution in [2.45, 2.75) is 25.3 Å². The highest BCUT2D eigenvalue weighted by atomic mass is 16.5. The van der Waals surface area contributed by atoms with Crippen molar-refractivity contribution in [2.24, 2.45) is 5.73 Å². The van der Waals surface area contributed by atoms with Crippen LogP contribution in [0.4, 0.5) is 11.6 Å². The predicted molar refractivity (Wildman–Crippen MR) is 150 cm³/mol. The maximum Gasteiger partial charge on any atom is 0.251 e. The first kappa shape index (κ1) is 24.8. The van der Waals surface area contributed by atoms with Crippen LogP contribution in [0.25, 0.3) is 16.8 Å². The molecule has 1 saturated carbocycles. The second kappa shape index (κ2) is 11.5. The van der Waals surface area contributed by atoms with Gasteiger partial charge in [0, 0.05) is 35.5 Å². The number of nitrogens with two attached hydrogens (primary N) is 1. The topological polar surface area (TPSA) is 107 Å². The number of fused-ring (bicyclic) bond motifs is 1. The van der Waals surface area contributed by atoms with E-state index < -0.39 is 0 Å². The Labute approximate surface area is 221 Å². The third-order valence-electron chi connectivity index (χ3n) is 6.09. The average molecular weight is 507 g/mol. The summed E-state index contributed by atoms with van der Waals surface area (Å²) in [5.41, 5.74) is 10.4. The van der Waals surface area contributed by atoms with Crippen LogP contribution in [0.5, 0.6) is 5.75 Å². The van der Waals surface area contributed by atoms with Crippen LogP contribution >= 0.6 is 0 Å². The molecule has 2 heterocycles. The van der Waals surface area contributed by atoms with Crippen molar-refractivity contribution in [1.82, 2.24) is 19.9 Å². The van der Waals surface area contributed by atoms with Gasteiger partial charge in [-0.2, -0.15) is 4.98 Å². The molecule has 0 aliphatic heterocycles. The number of hydrogen-bond acceptors (Lipinski definition) is 6. The van der Waals surface area contributed by atoms with Crippen LogP contribution in [0.3, 0.4) is 0 Å². The molecule has 0 atom stereocenters. The number of rotatable bonds is 11. The monoisotopic (exact) mass is 506 g/mol. The fourth-order valence-corrected chi connectivity index (χ4v) is 3.88. The third-order valence-corrected chi connectivity index (χ3v) is 6.09. The lowest BCUT2D eigenvalue weighted by Crippen LogP contribution is -2.25. The molecule has 0 spiro atoms. The Morgan fingerprint density at radius 1 is 1.11 bits per heavy atom. The van der Waals surface area contributed by atoms with E-state index in [1.165, 1.54) is 6.20 Å². The maximum absolute atomic E-state index is 12.2. The van der Waals surface area contributed by atoms with Crippen LogP contribution in [0.1, 0.15) is 29.6 Å². The minimum atomic E-state index is -0.0374. The Bertz CT molecular complexity index is 1480. The number of amides is 1. The molecule has 2 aromatic heterocycles. The first-order valence-electron chi connectivity index (χ1n) is 12.6. The van der Waals surface area contributed by atoms with Crippen molar-refractivity contribution >= 4 is 23.2 Å². The van der Waals surface area contributed by atoms with Gasteiger partial charge in [0.25, 0.3) is 5.91 Å². The molecule has 0 unspecified atom stereocenters. The molecule has 1 amide bonds. The Hall–Kier alpha value is -4.85. The van der Waals surface area contributed by atoms with Crippen LogP contribution in [0.15, 0.2) is 103 Å². The van der Waals surface area contributed by atoms with E-state index >= 15 is 0 Å². The minimum absolute atomic E-state index is 0.0374. The predicted octanol–water partition coefficient (Wildman–Crippen LogP) is 5.39. The summed E-state index contributed by atoms with van der Waals surface area (Å²) < 4.78 is 7.62. The minimum Gasteiger partial charge on any atom is -0.493 e. The number of anilines is 2. The maximum atomic E-state index is 12.2. The Morgan fingerprint density at radius 2 is 1.89 bits per heavy atom. The summed E-state index contributed by atoms with van der Waals surface area (Å²) in [6.07, 6.45) is 11.7. The van der Waals surface area contributed by atoms with E-state index in [4.69, 9.17) is 15.5 Å². The number of aromatic nitrogens is 3. The number of benzene rings is 2. The molecule has 8 nitrogen and oxygen atoms in total. The van der Waals surface area contributed by atoms with Gasteiger partial charge in [0.2, 0.25) is 5.95 Å². The van der Waals surface area contributed by atoms with Crippen molar-refractivity contribution in [2.75, 3.05) is 11.9 Å². The second-order valence-electron chi connectivity index (χ2n) is 9.10. The number of ether oxygens (including phenoxy) is 1. The molecule has 1 aliphatic rings. The fraction of sp³-hybridized carbons (Fsp3) is 0.167. The Morgan fingerprint density at radius 3 is 2.63 bits per heavy atom. The fourth-order valence-electron chi connectivity index (χ4n) is 3.88. The molecular formula is C30H30N6O2. The van der Waals surface area contributed by atoms with E-state index in [0.29, 0.717) is 24.2 Å². The lowest BCUT2D eigenvalue weighted by Gasteiger charge is -2.08. The van der Waals surface area contributed by atoms with Crippen molar-refractivity contribution in [3.63, 3.8) is 0 Å². The molecule has 4 aromatic rings. The molecule has 8 heteroatoms. The second-order valence-corrected chi connectivity index (χ2v) is 9.10. The van der Waals surface area contributed by atoms with Crippen molar-refractivity contribution in [3.05, 3.63) is 109 Å². The van der Waals surface area contributed by atoms with Gasteiger partial charge in [-0.15, -0.1) is 5.10 Å². The summed E-state index contributed by atoms with van der Waals surface area (Å²) in [6.45, 7) is 4.55. The highest BCUT2D eigenvalue weighted by Gasteiger charge is 2.23. The average Bonchev–Trinajstić information content (AvgIpc) is 3.65. The molecule has 1 fully saturated rings. The van der Waals surface area contributed by atoms with Crippen LogP contribution < -0.4 is 21.1 Å². The van der Waals surface area contributed by atoms with Gasteiger partial charge in [0.05, 0.1) is 6.61 Å². The highest BCUT2D eigenvalue weighted by Crippen LogP contribution is 2.27. The van der Waals surface area contributed by atoms with Gasteiger partial charge in [-0.3, -0.25) is 4.79 Å². The number of hydrogen-bond donors (Lipinski definition) is 3. The third kappa shape index (κ3) is 6.28. The number of nitrogens with zero attached hydrogens (tertiary/aromatic N) is 3. The molecule has 0 radical (unpaired) electrons. The lowest BCUT2D eigenvalue weighted by atomic mass is 10.1. The summed E-state index contributed by atoms with van der Waals surface area (Å²) in [6, 6.07) is 19.5. The summed E-state index contributed by atoms with van der Waals surface area (Å²) in [5.74, 6) is 1.23. The molecule has 38 heavy (non-hydrogen) atoms. The molecule has 4 N–H and O–H groups in total. The van der Waals surface area contributed by atoms with E-state index in [9.17, 15) is 4.79 Å². The molecule has 0 saturated heterocycles. The van der Waals surface area contributed by atoms with E-state index in [1.807, 2.05) is 66.9 Å². The normalized spacial score (nSPS) is 13.3. The summed E-state index contributed by atoms with van der Waals surface area (Å²) >= 11 is 0. The smallest absolute Gasteiger partial charge is 0.251 e. The number of carbonyl (C=O) groups is 1. The molecular weight excluding hydrogens is 476 g/mol. The lowest BCUT2D eigenvalue weighted by molar-refractivity contribution is 0.0951. The first-order valence-corrected chi connectivity index (χ1v) is 12.6. The van der Waals surface area contributed by atoms with Gasteiger partial charge in [-0.05, 0) is 79.2 Å². The standard InChI is InChI=1S/C30H30N6O2/c1-21(5-2-3-18-31)17-20-38-26-15-9-22(10-16-26)27-6-4-19-36-28(27)34-30(35-36)33-25-11-7-23(8-12-25)29(37)32-24-13-14-24/h2-12,15-16,18-19,24H,1,13-14,17,20,31H2,(H,32,37)(H,33,35)/b5-2-,18-3-. The van der Waals surface area contributed by atoms with Gasteiger partial charge in [0.1, 0.15) is 5.75 Å². The molecule has 192 valence electrons. The number of nitrogens with one attached hydrogen (secondary N) is 2. The zero-order valence-electron chi connectivity index (χ0n) is 21.0. The Balaban J connectivity index is 1.23. The highest BCUT2D eigenvalue weighted by molar-refractivity contribution is 5.95. The summed E-state index contributed by atoms with van der Waals surface area (Å²) in [5, 5.41) is 10.8. The van der Waals surface area contributed by atoms with Gasteiger partial charge in [-0.1, -0.05) is 36.4 Å². The van der Waals surface area contributed by atoms with Crippen LogP contribution in [-0.2, 0) is 0 Å². The SMILES string of the molecule is C=C(/C=C\C=C/N)CCOc1ccc(-c2cccn3nc(Nc4ccc(C(=O)NC5CC5)cc4)nc23)cc1. The summed E-state index contributed by atoms with van der Waals surface area (Å²) in [4.78, 5) is 16.9. The molecule has 5 rings (SSSR count). The van der Waals surface area contributed by atoms with Gasteiger partial charge >= 0.3 is 0 Å². The molecule has 2 aromatic carbocycles. The van der Waals surface area contributed by atoms with Crippen LogP contribution in [0.2, 0.25) is 0 Å². The Kier molecular flexibility index (Phi) is 7.49. The van der Waals surface area contributed by atoms with Crippen molar-refractivity contribution in [3.8, 4) is 16.9 Å². The molecule has 0 bridgehead atoms. The van der Waals surface area contributed by atoms with Crippen LogP contribution in [-0.4, -0.2) is 33.2 Å². The van der Waals surface area contributed by atoms with Gasteiger partial charge in [-0.25, -0.2) is 4.52 Å². The van der Waals surface area contributed by atoms with E-state index in [0.717, 1.165) is 53.0 Å². The first-order chi connectivity index (χ1) is 18.6. The van der Waals surface area contributed by atoms with E-state index in [1.54, 1.807) is 22.7 Å². The van der Waals surface area contributed by atoms with E-state index in [2.05, 4.69) is 22.3 Å². The zero-order chi connectivity index (χ0) is 26.3. The van der Waals surface area contributed by atoms with Gasteiger partial charge < -0.3 is 21.1 Å². The number of pyridine rings is 1. The quantitative estimate of drug-likeness (QED) is 0.236. The molecule has 1 aliphatic carbocycles. The van der Waals surface area contributed by atoms with Crippen LogP contribution in [0, 0.1) is 0 Å². The van der Waals surface area contributed by atoms with E-state index in [-0.39, 0.29) is 5.91 Å².